The van der Waals surface area contributed by atoms with Gasteiger partial charge in [0.2, 0.25) is 11.8 Å². The van der Waals surface area contributed by atoms with Crippen molar-refractivity contribution in [1.29, 1.82) is 0 Å². The van der Waals surface area contributed by atoms with Gasteiger partial charge in [-0.2, -0.15) is 13.2 Å². The highest BCUT2D eigenvalue weighted by atomic mass is 32.2. The topological polar surface area (TPSA) is 75.4 Å². The molecule has 3 N–H and O–H groups in total. The molecule has 0 spiro atoms. The van der Waals surface area contributed by atoms with E-state index in [0.29, 0.717) is 31.1 Å². The Labute approximate surface area is 193 Å². The van der Waals surface area contributed by atoms with Crippen molar-refractivity contribution in [2.24, 2.45) is 28.9 Å². The zero-order valence-corrected chi connectivity index (χ0v) is 18.9. The Bertz CT molecular complexity index is 956. The van der Waals surface area contributed by atoms with Crippen LogP contribution < -0.4 is 11.1 Å². The maximum absolute atomic E-state index is 14.5. The lowest BCUT2D eigenvalue weighted by atomic mass is 9.47. The van der Waals surface area contributed by atoms with E-state index in [2.05, 4.69) is 5.32 Å². The fourth-order valence-electron chi connectivity index (χ4n) is 6.84. The smallest absolute Gasteiger partial charge is 0.369 e. The molecule has 1 aromatic carbocycles. The molecule has 2 amide bonds. The zero-order chi connectivity index (χ0) is 23.5. The minimum atomic E-state index is -4.77. The summed E-state index contributed by atoms with van der Waals surface area (Å²) in [5, 5.41) is 2.62. The lowest BCUT2D eigenvalue weighted by Gasteiger charge is -2.58. The van der Waals surface area contributed by atoms with Gasteiger partial charge in [0.05, 0.1) is 5.56 Å². The van der Waals surface area contributed by atoms with Crippen molar-refractivity contribution in [1.82, 2.24) is 10.2 Å². The number of hydrogen-bond donors (Lipinski definition) is 2. The number of alkyl halides is 3. The summed E-state index contributed by atoms with van der Waals surface area (Å²) < 4.78 is 53.8. The van der Waals surface area contributed by atoms with E-state index >= 15 is 0 Å². The number of halogens is 4. The van der Waals surface area contributed by atoms with Crippen molar-refractivity contribution in [2.45, 2.75) is 56.2 Å². The first-order valence-electron chi connectivity index (χ1n) is 11.4. The highest BCUT2D eigenvalue weighted by Crippen LogP contribution is 2.60. The van der Waals surface area contributed by atoms with E-state index < -0.39 is 28.3 Å². The summed E-state index contributed by atoms with van der Waals surface area (Å²) in [6.07, 6.45) is -0.543. The fraction of sp³-hybridized carbons (Fsp3) is 0.652. The number of hydrogen-bond acceptors (Lipinski definition) is 4. The molecule has 3 unspecified atom stereocenters. The van der Waals surface area contributed by atoms with Crippen molar-refractivity contribution in [3.05, 3.63) is 35.1 Å². The molecular formula is C23H27F4N3O2S. The number of rotatable bonds is 5. The maximum Gasteiger partial charge on any atom is 0.419 e. The lowest BCUT2D eigenvalue weighted by molar-refractivity contribution is -0.147. The Morgan fingerprint density at radius 2 is 1.88 bits per heavy atom. The van der Waals surface area contributed by atoms with Crippen LogP contribution in [-0.2, 0) is 22.3 Å². The summed E-state index contributed by atoms with van der Waals surface area (Å²) in [5.41, 5.74) is 3.95. The molecule has 180 valence electrons. The van der Waals surface area contributed by atoms with Crippen LogP contribution in [0.4, 0.5) is 17.6 Å². The summed E-state index contributed by atoms with van der Waals surface area (Å²) >= 11 is 1.42. The SMILES string of the molecule is NC(=O)C12CC3CC(C1)C(NC(=O)C1SCCN1Cc1cccc(C(F)(F)F)c1F)C(C3)C2. The molecule has 4 aliphatic carbocycles. The zero-order valence-electron chi connectivity index (χ0n) is 18.0. The van der Waals surface area contributed by atoms with E-state index in [-0.39, 0.29) is 41.8 Å². The molecule has 5 nitrogen and oxygen atoms in total. The molecule has 1 heterocycles. The first kappa shape index (κ1) is 23.0. The molecule has 3 atom stereocenters. The predicted molar refractivity (Wildman–Crippen MR) is 115 cm³/mol. The molecule has 6 rings (SSSR count). The van der Waals surface area contributed by atoms with Crippen LogP contribution in [0.15, 0.2) is 18.2 Å². The first-order valence-corrected chi connectivity index (χ1v) is 12.4. The van der Waals surface area contributed by atoms with Crippen molar-refractivity contribution in [3.63, 3.8) is 0 Å². The molecule has 0 radical (unpaired) electrons. The van der Waals surface area contributed by atoms with E-state index in [1.807, 2.05) is 0 Å². The van der Waals surface area contributed by atoms with Gasteiger partial charge in [-0.1, -0.05) is 12.1 Å². The lowest BCUT2D eigenvalue weighted by Crippen LogP contribution is -2.63. The molecule has 5 aliphatic rings. The number of thioether (sulfide) groups is 1. The summed E-state index contributed by atoms with van der Waals surface area (Å²) in [5.74, 6) is -0.142. The van der Waals surface area contributed by atoms with Crippen LogP contribution in [0, 0.1) is 29.0 Å². The molecule has 5 fully saturated rings. The van der Waals surface area contributed by atoms with E-state index in [0.717, 1.165) is 25.3 Å². The monoisotopic (exact) mass is 485 g/mol. The number of primary amides is 1. The van der Waals surface area contributed by atoms with Crippen LogP contribution >= 0.6 is 11.8 Å². The first-order chi connectivity index (χ1) is 15.6. The van der Waals surface area contributed by atoms with Crippen LogP contribution in [0.3, 0.4) is 0 Å². The fourth-order valence-corrected chi connectivity index (χ4v) is 8.02. The van der Waals surface area contributed by atoms with Crippen LogP contribution in [0.5, 0.6) is 0 Å². The molecule has 1 aromatic rings. The molecule has 1 saturated heterocycles. The summed E-state index contributed by atoms with van der Waals surface area (Å²) in [6, 6.07) is 3.24. The molecule has 4 bridgehead atoms. The predicted octanol–water partition coefficient (Wildman–Crippen LogP) is 3.52. The summed E-state index contributed by atoms with van der Waals surface area (Å²) in [4.78, 5) is 27.1. The van der Waals surface area contributed by atoms with Gasteiger partial charge in [0.15, 0.2) is 0 Å². The molecule has 0 aromatic heterocycles. The number of nitrogens with zero attached hydrogens (tertiary/aromatic N) is 1. The number of amides is 2. The van der Waals surface area contributed by atoms with Crippen molar-refractivity contribution >= 4 is 23.6 Å². The number of carbonyl (C=O) groups is 2. The van der Waals surface area contributed by atoms with Crippen LogP contribution in [0.25, 0.3) is 0 Å². The van der Waals surface area contributed by atoms with Gasteiger partial charge in [-0.3, -0.25) is 14.5 Å². The summed E-state index contributed by atoms with van der Waals surface area (Å²) in [7, 11) is 0. The van der Waals surface area contributed by atoms with Gasteiger partial charge in [-0.25, -0.2) is 4.39 Å². The van der Waals surface area contributed by atoms with E-state index in [1.54, 1.807) is 4.90 Å². The maximum atomic E-state index is 14.5. The Morgan fingerprint density at radius 1 is 1.18 bits per heavy atom. The van der Waals surface area contributed by atoms with E-state index in [9.17, 15) is 27.2 Å². The third-order valence-corrected chi connectivity index (χ3v) is 9.32. The van der Waals surface area contributed by atoms with Crippen LogP contribution in [0.1, 0.15) is 43.2 Å². The quantitative estimate of drug-likeness (QED) is 0.626. The molecule has 1 aliphatic heterocycles. The van der Waals surface area contributed by atoms with Gasteiger partial charge >= 0.3 is 6.18 Å². The number of benzene rings is 1. The largest absolute Gasteiger partial charge is 0.419 e. The number of nitrogens with two attached hydrogens (primary N) is 1. The third kappa shape index (κ3) is 4.03. The number of nitrogens with one attached hydrogen (secondary N) is 1. The molecule has 10 heteroatoms. The normalized spacial score (nSPS) is 35.7. The molecule has 4 saturated carbocycles. The van der Waals surface area contributed by atoms with E-state index in [4.69, 9.17) is 5.73 Å². The second kappa shape index (κ2) is 8.15. The third-order valence-electron chi connectivity index (χ3n) is 8.07. The molecule has 33 heavy (non-hydrogen) atoms. The Morgan fingerprint density at radius 3 is 2.52 bits per heavy atom. The average molecular weight is 486 g/mol. The highest BCUT2D eigenvalue weighted by Gasteiger charge is 2.58. The van der Waals surface area contributed by atoms with Gasteiger partial charge < -0.3 is 11.1 Å². The standard InChI is InChI=1S/C23H27F4N3O2S/c24-17-13(2-1-3-16(17)23(25,26)27)11-30-4-5-33-20(30)19(31)29-18-14-6-12-7-15(18)10-22(8-12,9-14)21(28)32/h1-3,12,14-15,18,20H,4-11H2,(H2,28,32)(H,29,31). The van der Waals surface area contributed by atoms with Gasteiger partial charge in [0, 0.05) is 35.9 Å². The van der Waals surface area contributed by atoms with Gasteiger partial charge in [-0.15, -0.1) is 11.8 Å². The molecular weight excluding hydrogens is 458 g/mol. The summed E-state index contributed by atoms with van der Waals surface area (Å²) in [6.45, 7) is 0.425. The van der Waals surface area contributed by atoms with Gasteiger partial charge in [-0.05, 0) is 55.9 Å². The minimum Gasteiger partial charge on any atom is -0.369 e. The van der Waals surface area contributed by atoms with Crippen LogP contribution in [0.2, 0.25) is 0 Å². The highest BCUT2D eigenvalue weighted by molar-refractivity contribution is 8.00. The van der Waals surface area contributed by atoms with Crippen LogP contribution in [-0.4, -0.2) is 40.4 Å². The Balaban J connectivity index is 1.28. The number of carbonyl (C=O) groups excluding carboxylic acids is 2. The van der Waals surface area contributed by atoms with Gasteiger partial charge in [0.1, 0.15) is 11.2 Å². The Hall–Kier alpha value is -1.81. The second-order valence-electron chi connectivity index (χ2n) is 10.1. The van der Waals surface area contributed by atoms with Crippen molar-refractivity contribution in [3.8, 4) is 0 Å². The van der Waals surface area contributed by atoms with Crippen molar-refractivity contribution < 1.29 is 27.2 Å². The average Bonchev–Trinajstić information content (AvgIpc) is 3.19. The van der Waals surface area contributed by atoms with Crippen molar-refractivity contribution in [2.75, 3.05) is 12.3 Å². The van der Waals surface area contributed by atoms with E-state index in [1.165, 1.54) is 23.9 Å². The minimum absolute atomic E-state index is 0.0186. The van der Waals surface area contributed by atoms with Gasteiger partial charge in [0.25, 0.3) is 0 Å². The Kier molecular flexibility index (Phi) is 5.67. The second-order valence-corrected chi connectivity index (χ2v) is 11.3.